The average molecular weight is 294 g/mol. The number of rotatable bonds is 2. The zero-order chi connectivity index (χ0) is 14.4. The van der Waals surface area contributed by atoms with Gasteiger partial charge < -0.3 is 5.11 Å². The first-order valence-corrected chi connectivity index (χ1v) is 9.36. The molecule has 1 N–H and O–H groups in total. The van der Waals surface area contributed by atoms with Gasteiger partial charge in [0, 0.05) is 6.26 Å². The number of aryl methyl sites for hydroxylation is 1. The van der Waals surface area contributed by atoms with E-state index in [2.05, 4.69) is 6.07 Å². The summed E-state index contributed by atoms with van der Waals surface area (Å²) in [6, 6.07) is 8.05. The molecule has 0 spiro atoms. The molecule has 0 saturated heterocycles. The molecule has 1 aromatic carbocycles. The van der Waals surface area contributed by atoms with E-state index >= 15 is 0 Å². The van der Waals surface area contributed by atoms with E-state index in [1.54, 1.807) is 0 Å². The monoisotopic (exact) mass is 294 g/mol. The molecule has 1 aromatic rings. The second kappa shape index (κ2) is 4.85. The zero-order valence-corrected chi connectivity index (χ0v) is 12.7. The van der Waals surface area contributed by atoms with Crippen molar-refractivity contribution in [2.24, 2.45) is 5.92 Å². The molecule has 0 radical (unpaired) electrons. The fraction of sp³-hybridized carbons (Fsp3) is 0.625. The Morgan fingerprint density at radius 2 is 2.00 bits per heavy atom. The standard InChI is InChI=1S/C16H22O3S/c1-20(18,19)14-7-4-6-13(11-14)16(17)10-9-12-5-2-3-8-15(12)16/h2-3,5,8,13-14,17H,4,6-7,9-11H2,1H3. The summed E-state index contributed by atoms with van der Waals surface area (Å²) in [5.41, 5.74) is 1.43. The van der Waals surface area contributed by atoms with Crippen LogP contribution >= 0.6 is 0 Å². The van der Waals surface area contributed by atoms with Crippen molar-refractivity contribution in [2.45, 2.75) is 49.4 Å². The summed E-state index contributed by atoms with van der Waals surface area (Å²) in [6.07, 6.45) is 6.12. The van der Waals surface area contributed by atoms with Crippen LogP contribution in [-0.2, 0) is 21.9 Å². The van der Waals surface area contributed by atoms with Gasteiger partial charge in [-0.05, 0) is 49.1 Å². The van der Waals surface area contributed by atoms with Gasteiger partial charge in [0.05, 0.1) is 10.9 Å². The van der Waals surface area contributed by atoms with Crippen LogP contribution in [0.25, 0.3) is 0 Å². The molecule has 2 aliphatic rings. The Morgan fingerprint density at radius 3 is 2.75 bits per heavy atom. The lowest BCUT2D eigenvalue weighted by Crippen LogP contribution is -2.39. The number of hydrogen-bond donors (Lipinski definition) is 1. The first kappa shape index (κ1) is 14.1. The first-order chi connectivity index (χ1) is 9.41. The molecule has 0 aliphatic heterocycles. The minimum atomic E-state index is -3.00. The molecule has 1 fully saturated rings. The van der Waals surface area contributed by atoms with Gasteiger partial charge in [-0.1, -0.05) is 30.7 Å². The second-order valence-corrected chi connectivity index (χ2v) is 8.72. The molecule has 0 heterocycles. The maximum Gasteiger partial charge on any atom is 0.150 e. The molecule has 4 heteroatoms. The van der Waals surface area contributed by atoms with Crippen molar-refractivity contribution >= 4 is 9.84 Å². The van der Waals surface area contributed by atoms with Crippen molar-refractivity contribution in [1.82, 2.24) is 0 Å². The molecule has 1 saturated carbocycles. The fourth-order valence-electron chi connectivity index (χ4n) is 4.01. The quantitative estimate of drug-likeness (QED) is 0.911. The molecule has 3 nitrogen and oxygen atoms in total. The molecule has 0 aromatic heterocycles. The summed E-state index contributed by atoms with van der Waals surface area (Å²) in [5.74, 6) is 0.0691. The lowest BCUT2D eigenvalue weighted by molar-refractivity contribution is -0.0363. The van der Waals surface area contributed by atoms with Gasteiger partial charge in [-0.3, -0.25) is 0 Å². The SMILES string of the molecule is CS(=O)(=O)C1CCCC(C2(O)CCc3ccccc32)C1. The van der Waals surface area contributed by atoms with Crippen LogP contribution in [0.2, 0.25) is 0 Å². The highest BCUT2D eigenvalue weighted by atomic mass is 32.2. The van der Waals surface area contributed by atoms with Crippen molar-refractivity contribution in [3.05, 3.63) is 35.4 Å². The van der Waals surface area contributed by atoms with Crippen LogP contribution in [0.3, 0.4) is 0 Å². The van der Waals surface area contributed by atoms with Crippen molar-refractivity contribution in [2.75, 3.05) is 6.26 Å². The van der Waals surface area contributed by atoms with Crippen LogP contribution in [0, 0.1) is 5.92 Å². The van der Waals surface area contributed by atoms with Crippen molar-refractivity contribution in [3.8, 4) is 0 Å². The Morgan fingerprint density at radius 1 is 1.25 bits per heavy atom. The first-order valence-electron chi connectivity index (χ1n) is 7.41. The molecular formula is C16H22O3S. The lowest BCUT2D eigenvalue weighted by atomic mass is 9.74. The van der Waals surface area contributed by atoms with E-state index in [1.165, 1.54) is 11.8 Å². The Bertz CT molecular complexity index is 608. The summed E-state index contributed by atoms with van der Waals surface area (Å²) < 4.78 is 23.6. The average Bonchev–Trinajstić information content (AvgIpc) is 2.78. The third kappa shape index (κ3) is 2.29. The highest BCUT2D eigenvalue weighted by Crippen LogP contribution is 2.48. The van der Waals surface area contributed by atoms with Crippen LogP contribution in [0.1, 0.15) is 43.2 Å². The van der Waals surface area contributed by atoms with Crippen LogP contribution < -0.4 is 0 Å². The van der Waals surface area contributed by atoms with Crippen LogP contribution in [0.4, 0.5) is 0 Å². The summed E-state index contributed by atoms with van der Waals surface area (Å²) in [4.78, 5) is 0. The number of fused-ring (bicyclic) bond motifs is 1. The molecular weight excluding hydrogens is 272 g/mol. The van der Waals surface area contributed by atoms with E-state index in [9.17, 15) is 13.5 Å². The Labute approximate surface area is 120 Å². The van der Waals surface area contributed by atoms with Gasteiger partial charge in [0.25, 0.3) is 0 Å². The Kier molecular flexibility index (Phi) is 3.41. The molecule has 3 unspecified atom stereocenters. The largest absolute Gasteiger partial charge is 0.385 e. The second-order valence-electron chi connectivity index (χ2n) is 6.40. The fourth-order valence-corrected chi connectivity index (χ4v) is 5.19. The van der Waals surface area contributed by atoms with E-state index in [0.717, 1.165) is 37.7 Å². The summed E-state index contributed by atoms with van der Waals surface area (Å²) >= 11 is 0. The summed E-state index contributed by atoms with van der Waals surface area (Å²) in [6.45, 7) is 0. The van der Waals surface area contributed by atoms with Crippen LogP contribution in [-0.4, -0.2) is 25.0 Å². The van der Waals surface area contributed by atoms with Crippen molar-refractivity contribution in [3.63, 3.8) is 0 Å². The number of aliphatic hydroxyl groups is 1. The third-order valence-corrected chi connectivity index (χ3v) is 6.81. The maximum absolute atomic E-state index is 11.8. The van der Waals surface area contributed by atoms with Crippen molar-refractivity contribution < 1.29 is 13.5 Å². The predicted molar refractivity (Wildman–Crippen MR) is 79.2 cm³/mol. The lowest BCUT2D eigenvalue weighted by Gasteiger charge is -2.38. The van der Waals surface area contributed by atoms with Gasteiger partial charge in [0.15, 0.2) is 0 Å². The molecule has 20 heavy (non-hydrogen) atoms. The number of benzene rings is 1. The van der Waals surface area contributed by atoms with E-state index < -0.39 is 15.4 Å². The van der Waals surface area contributed by atoms with Crippen molar-refractivity contribution in [1.29, 1.82) is 0 Å². The smallest absolute Gasteiger partial charge is 0.150 e. The topological polar surface area (TPSA) is 54.4 Å². The highest BCUT2D eigenvalue weighted by molar-refractivity contribution is 7.91. The van der Waals surface area contributed by atoms with Gasteiger partial charge in [-0.15, -0.1) is 0 Å². The van der Waals surface area contributed by atoms with Gasteiger partial charge >= 0.3 is 0 Å². The highest BCUT2D eigenvalue weighted by Gasteiger charge is 2.46. The minimum Gasteiger partial charge on any atom is -0.385 e. The van der Waals surface area contributed by atoms with Crippen LogP contribution in [0.5, 0.6) is 0 Å². The number of sulfone groups is 1. The molecule has 110 valence electrons. The Hall–Kier alpha value is -0.870. The summed E-state index contributed by atoms with van der Waals surface area (Å²) in [7, 11) is -3.00. The molecule has 2 aliphatic carbocycles. The van der Waals surface area contributed by atoms with E-state index in [1.807, 2.05) is 18.2 Å². The predicted octanol–water partition coefficient (Wildman–Crippen LogP) is 2.42. The molecule has 0 amide bonds. The van der Waals surface area contributed by atoms with E-state index in [-0.39, 0.29) is 11.2 Å². The van der Waals surface area contributed by atoms with E-state index in [0.29, 0.717) is 6.42 Å². The Balaban J connectivity index is 1.90. The molecule has 3 rings (SSSR count). The van der Waals surface area contributed by atoms with Crippen LogP contribution in [0.15, 0.2) is 24.3 Å². The molecule has 3 atom stereocenters. The number of hydrogen-bond acceptors (Lipinski definition) is 3. The van der Waals surface area contributed by atoms with Gasteiger partial charge in [-0.2, -0.15) is 0 Å². The normalized spacial score (nSPS) is 33.9. The third-order valence-electron chi connectivity index (χ3n) is 5.17. The van der Waals surface area contributed by atoms with Gasteiger partial charge in [0.2, 0.25) is 0 Å². The zero-order valence-electron chi connectivity index (χ0n) is 11.9. The van der Waals surface area contributed by atoms with Gasteiger partial charge in [0.1, 0.15) is 9.84 Å². The molecule has 0 bridgehead atoms. The maximum atomic E-state index is 11.8. The van der Waals surface area contributed by atoms with Gasteiger partial charge in [-0.25, -0.2) is 8.42 Å². The summed E-state index contributed by atoms with van der Waals surface area (Å²) in [5, 5.41) is 10.9. The minimum absolute atomic E-state index is 0.0691. The van der Waals surface area contributed by atoms with E-state index in [4.69, 9.17) is 0 Å².